The van der Waals surface area contributed by atoms with Crippen LogP contribution in [0.5, 0.6) is 0 Å². The van der Waals surface area contributed by atoms with Crippen LogP contribution in [-0.4, -0.2) is 39.3 Å². The average Bonchev–Trinajstić information content (AvgIpc) is 2.86. The molecule has 0 bridgehead atoms. The van der Waals surface area contributed by atoms with E-state index in [4.69, 9.17) is 9.72 Å². The highest BCUT2D eigenvalue weighted by atomic mass is 32.2. The lowest BCUT2D eigenvalue weighted by Gasteiger charge is -2.43. The molecule has 0 amide bonds. The highest BCUT2D eigenvalue weighted by molar-refractivity contribution is 8.00. The van der Waals surface area contributed by atoms with Gasteiger partial charge in [-0.2, -0.15) is 11.8 Å². The van der Waals surface area contributed by atoms with Gasteiger partial charge in [-0.3, -0.25) is 0 Å². The Bertz CT molecular complexity index is 428. The van der Waals surface area contributed by atoms with Crippen LogP contribution in [-0.2, 0) is 11.8 Å². The molecule has 0 saturated carbocycles. The smallest absolute Gasteiger partial charge is 0.105 e. The van der Waals surface area contributed by atoms with Gasteiger partial charge in [-0.15, -0.1) is 0 Å². The molecule has 5 heteroatoms. The summed E-state index contributed by atoms with van der Waals surface area (Å²) >= 11 is 2.01. The molecule has 2 aliphatic rings. The number of nitrogens with zero attached hydrogens (tertiary/aromatic N) is 2. The molecule has 1 N–H and O–H groups in total. The van der Waals surface area contributed by atoms with Crippen molar-refractivity contribution in [1.82, 2.24) is 14.9 Å². The van der Waals surface area contributed by atoms with Gasteiger partial charge in [-0.1, -0.05) is 6.92 Å². The van der Waals surface area contributed by atoms with E-state index in [2.05, 4.69) is 30.1 Å². The van der Waals surface area contributed by atoms with Crippen molar-refractivity contribution in [2.24, 2.45) is 7.05 Å². The molecule has 2 fully saturated rings. The monoisotopic (exact) mass is 267 g/mol. The van der Waals surface area contributed by atoms with Crippen LogP contribution in [0.2, 0.25) is 0 Å². The van der Waals surface area contributed by atoms with E-state index >= 15 is 0 Å². The Balaban J connectivity index is 1.97. The maximum atomic E-state index is 6.22. The van der Waals surface area contributed by atoms with Crippen LogP contribution in [0.3, 0.4) is 0 Å². The van der Waals surface area contributed by atoms with Crippen molar-refractivity contribution in [3.63, 3.8) is 0 Å². The van der Waals surface area contributed by atoms with Gasteiger partial charge in [0.1, 0.15) is 11.4 Å². The van der Waals surface area contributed by atoms with Crippen LogP contribution < -0.4 is 5.32 Å². The van der Waals surface area contributed by atoms with Crippen molar-refractivity contribution in [2.45, 2.75) is 37.2 Å². The molecular weight excluding hydrogens is 246 g/mol. The van der Waals surface area contributed by atoms with Gasteiger partial charge in [0.2, 0.25) is 0 Å². The zero-order valence-corrected chi connectivity index (χ0v) is 12.1. The highest BCUT2D eigenvalue weighted by Crippen LogP contribution is 2.47. The number of ether oxygens (including phenoxy) is 1. The zero-order valence-electron chi connectivity index (χ0n) is 11.3. The number of nitrogens with one attached hydrogen (secondary N) is 1. The van der Waals surface area contributed by atoms with Gasteiger partial charge in [0.05, 0.1) is 18.3 Å². The highest BCUT2D eigenvalue weighted by Gasteiger charge is 2.51. The van der Waals surface area contributed by atoms with Crippen LogP contribution in [0.25, 0.3) is 0 Å². The van der Waals surface area contributed by atoms with E-state index in [9.17, 15) is 0 Å². The Morgan fingerprint density at radius 2 is 2.44 bits per heavy atom. The molecule has 18 heavy (non-hydrogen) atoms. The summed E-state index contributed by atoms with van der Waals surface area (Å²) < 4.78 is 8.31. The van der Waals surface area contributed by atoms with Crippen LogP contribution in [0.4, 0.5) is 0 Å². The van der Waals surface area contributed by atoms with E-state index < -0.39 is 0 Å². The van der Waals surface area contributed by atoms with E-state index in [1.54, 1.807) is 0 Å². The first-order chi connectivity index (χ1) is 8.63. The summed E-state index contributed by atoms with van der Waals surface area (Å²) in [5.41, 5.74) is 1.06. The van der Waals surface area contributed by atoms with Crippen LogP contribution in [0, 0.1) is 6.92 Å². The maximum absolute atomic E-state index is 6.22. The lowest BCUT2D eigenvalue weighted by atomic mass is 9.85. The Morgan fingerprint density at radius 3 is 3.06 bits per heavy atom. The molecule has 0 radical (unpaired) electrons. The van der Waals surface area contributed by atoms with Crippen molar-refractivity contribution in [3.8, 4) is 0 Å². The molecular formula is C13H21N3OS. The van der Waals surface area contributed by atoms with Crippen LogP contribution in [0.15, 0.2) is 6.20 Å². The summed E-state index contributed by atoms with van der Waals surface area (Å²) in [5, 5.41) is 4.15. The first-order valence-electron chi connectivity index (χ1n) is 6.62. The fourth-order valence-electron chi connectivity index (χ4n) is 3.09. The van der Waals surface area contributed by atoms with Gasteiger partial charge >= 0.3 is 0 Å². The van der Waals surface area contributed by atoms with E-state index in [1.165, 1.54) is 5.75 Å². The van der Waals surface area contributed by atoms with Crippen molar-refractivity contribution < 1.29 is 4.74 Å². The summed E-state index contributed by atoms with van der Waals surface area (Å²) in [6.07, 6.45) is 3.26. The SMILES string of the molecule is Cc1nc(C2NCCOC23CCSC3C)cn1C. The van der Waals surface area contributed by atoms with Gasteiger partial charge in [0.15, 0.2) is 0 Å². The van der Waals surface area contributed by atoms with Gasteiger partial charge in [-0.05, 0) is 19.1 Å². The lowest BCUT2D eigenvalue weighted by molar-refractivity contribution is -0.0949. The molecule has 3 unspecified atom stereocenters. The Morgan fingerprint density at radius 1 is 1.61 bits per heavy atom. The summed E-state index contributed by atoms with van der Waals surface area (Å²) in [5.74, 6) is 2.25. The van der Waals surface area contributed by atoms with E-state index in [-0.39, 0.29) is 11.6 Å². The standard InChI is InChI=1S/C13H21N3OS/c1-9-13(4-7-18-9)12(14-5-6-17-13)11-8-16(3)10(2)15-11/h8-9,12,14H,4-7H2,1-3H3. The third-order valence-electron chi connectivity index (χ3n) is 4.28. The predicted molar refractivity (Wildman–Crippen MR) is 73.9 cm³/mol. The molecule has 2 aliphatic heterocycles. The molecule has 0 aliphatic carbocycles. The van der Waals surface area contributed by atoms with E-state index in [1.807, 2.05) is 18.7 Å². The maximum Gasteiger partial charge on any atom is 0.105 e. The van der Waals surface area contributed by atoms with Crippen LogP contribution in [0.1, 0.15) is 30.9 Å². The fraction of sp³-hybridized carbons (Fsp3) is 0.769. The van der Waals surface area contributed by atoms with Gasteiger partial charge in [0, 0.05) is 25.0 Å². The summed E-state index contributed by atoms with van der Waals surface area (Å²) in [4.78, 5) is 4.70. The summed E-state index contributed by atoms with van der Waals surface area (Å²) in [6.45, 7) is 6.06. The number of aromatic nitrogens is 2. The topological polar surface area (TPSA) is 39.1 Å². The number of morpholine rings is 1. The second-order valence-corrected chi connectivity index (χ2v) is 6.73. The zero-order chi connectivity index (χ0) is 12.8. The number of aryl methyl sites for hydroxylation is 2. The predicted octanol–water partition coefficient (Wildman–Crippen LogP) is 1.65. The van der Waals surface area contributed by atoms with Gasteiger partial charge in [0.25, 0.3) is 0 Å². The molecule has 1 aromatic heterocycles. The summed E-state index contributed by atoms with van der Waals surface area (Å²) in [6, 6.07) is 0.233. The molecule has 100 valence electrons. The molecule has 3 heterocycles. The van der Waals surface area contributed by atoms with Crippen LogP contribution >= 0.6 is 11.8 Å². The lowest BCUT2D eigenvalue weighted by Crippen LogP contribution is -2.55. The third kappa shape index (κ3) is 1.80. The largest absolute Gasteiger partial charge is 0.370 e. The minimum Gasteiger partial charge on any atom is -0.370 e. The average molecular weight is 267 g/mol. The van der Waals surface area contributed by atoms with Crippen molar-refractivity contribution in [3.05, 3.63) is 17.7 Å². The molecule has 4 nitrogen and oxygen atoms in total. The van der Waals surface area contributed by atoms with Crippen molar-refractivity contribution >= 4 is 11.8 Å². The first-order valence-corrected chi connectivity index (χ1v) is 7.67. The Labute approximate surface area is 112 Å². The minimum atomic E-state index is -0.0658. The van der Waals surface area contributed by atoms with Gasteiger partial charge < -0.3 is 14.6 Å². The second kappa shape index (κ2) is 4.54. The number of imidazole rings is 1. The normalized spacial score (nSPS) is 36.4. The second-order valence-electron chi connectivity index (χ2n) is 5.28. The number of thioether (sulfide) groups is 1. The van der Waals surface area contributed by atoms with Crippen molar-refractivity contribution in [2.75, 3.05) is 18.9 Å². The quantitative estimate of drug-likeness (QED) is 0.840. The van der Waals surface area contributed by atoms with E-state index in [0.29, 0.717) is 5.25 Å². The fourth-order valence-corrected chi connectivity index (χ4v) is 4.48. The van der Waals surface area contributed by atoms with E-state index in [0.717, 1.165) is 31.1 Å². The molecule has 0 aromatic carbocycles. The minimum absolute atomic E-state index is 0.0658. The molecule has 2 saturated heterocycles. The third-order valence-corrected chi connectivity index (χ3v) is 5.62. The summed E-state index contributed by atoms with van der Waals surface area (Å²) in [7, 11) is 2.05. The van der Waals surface area contributed by atoms with Gasteiger partial charge in [-0.25, -0.2) is 4.98 Å². The number of rotatable bonds is 1. The number of hydrogen-bond donors (Lipinski definition) is 1. The molecule has 3 atom stereocenters. The number of hydrogen-bond acceptors (Lipinski definition) is 4. The molecule has 3 rings (SSSR count). The Kier molecular flexibility index (Phi) is 3.16. The first kappa shape index (κ1) is 12.5. The van der Waals surface area contributed by atoms with Crippen molar-refractivity contribution in [1.29, 1.82) is 0 Å². The molecule has 1 spiro atoms. The Hall–Kier alpha value is -0.520. The molecule has 1 aromatic rings.